The van der Waals surface area contributed by atoms with Gasteiger partial charge in [0, 0.05) is 47.4 Å². The zero-order chi connectivity index (χ0) is 21.1. The summed E-state index contributed by atoms with van der Waals surface area (Å²) in [5.41, 5.74) is 2.11. The van der Waals surface area contributed by atoms with Crippen LogP contribution in [0.5, 0.6) is 0 Å². The van der Waals surface area contributed by atoms with Crippen LogP contribution in [0.3, 0.4) is 0 Å². The van der Waals surface area contributed by atoms with Crippen LogP contribution in [0.25, 0.3) is 0 Å². The smallest absolute Gasteiger partial charge is 0.254 e. The van der Waals surface area contributed by atoms with Gasteiger partial charge in [0.05, 0.1) is 6.54 Å². The second kappa shape index (κ2) is 8.85. The summed E-state index contributed by atoms with van der Waals surface area (Å²) in [6.45, 7) is 2.46. The summed E-state index contributed by atoms with van der Waals surface area (Å²) in [5, 5.41) is 4.92. The van der Waals surface area contributed by atoms with Gasteiger partial charge in [0.2, 0.25) is 0 Å². The molecule has 2 heterocycles. The molecule has 0 bridgehead atoms. The monoisotopic (exact) mass is 443 g/mol. The quantitative estimate of drug-likeness (QED) is 0.620. The van der Waals surface area contributed by atoms with Gasteiger partial charge < -0.3 is 9.80 Å². The summed E-state index contributed by atoms with van der Waals surface area (Å²) in [6.07, 6.45) is 3.14. The largest absolute Gasteiger partial charge is 0.335 e. The fourth-order valence-electron chi connectivity index (χ4n) is 3.41. The Morgan fingerprint density at radius 3 is 1.93 bits per heavy atom. The molecule has 1 saturated heterocycles. The zero-order valence-electron chi connectivity index (χ0n) is 16.0. The highest BCUT2D eigenvalue weighted by molar-refractivity contribution is 6.35. The van der Waals surface area contributed by atoms with Crippen LogP contribution in [0.2, 0.25) is 10.0 Å². The van der Waals surface area contributed by atoms with Crippen LogP contribution in [-0.2, 0) is 6.54 Å². The maximum atomic E-state index is 12.8. The second-order valence-corrected chi connectivity index (χ2v) is 7.91. The zero-order valence-corrected chi connectivity index (χ0v) is 17.6. The maximum absolute atomic E-state index is 12.8. The van der Waals surface area contributed by atoms with Crippen LogP contribution in [0.15, 0.2) is 55.1 Å². The van der Waals surface area contributed by atoms with Crippen molar-refractivity contribution in [3.8, 4) is 0 Å². The predicted molar refractivity (Wildman–Crippen MR) is 114 cm³/mol. The Bertz CT molecular complexity index is 1030. The van der Waals surface area contributed by atoms with Gasteiger partial charge >= 0.3 is 0 Å². The lowest BCUT2D eigenvalue weighted by atomic mass is 10.1. The fourth-order valence-corrected chi connectivity index (χ4v) is 3.94. The van der Waals surface area contributed by atoms with E-state index < -0.39 is 0 Å². The van der Waals surface area contributed by atoms with Gasteiger partial charge in [-0.3, -0.25) is 9.59 Å². The molecule has 9 heteroatoms. The van der Waals surface area contributed by atoms with E-state index in [0.29, 0.717) is 53.9 Å². The van der Waals surface area contributed by atoms with Gasteiger partial charge in [-0.15, -0.1) is 0 Å². The number of rotatable bonds is 4. The molecule has 30 heavy (non-hydrogen) atoms. The molecule has 0 unspecified atom stereocenters. The molecule has 1 fully saturated rings. The molecule has 2 aromatic carbocycles. The van der Waals surface area contributed by atoms with E-state index in [2.05, 4.69) is 10.1 Å². The van der Waals surface area contributed by atoms with E-state index in [4.69, 9.17) is 23.2 Å². The molecule has 0 spiro atoms. The average Bonchev–Trinajstić information content (AvgIpc) is 3.26. The van der Waals surface area contributed by atoms with Crippen LogP contribution in [0.4, 0.5) is 0 Å². The minimum absolute atomic E-state index is 0.0415. The first kappa shape index (κ1) is 20.4. The average molecular weight is 444 g/mol. The molecule has 1 aliphatic rings. The summed E-state index contributed by atoms with van der Waals surface area (Å²) >= 11 is 12.0. The van der Waals surface area contributed by atoms with E-state index in [9.17, 15) is 9.59 Å². The van der Waals surface area contributed by atoms with Gasteiger partial charge in [-0.1, -0.05) is 35.3 Å². The number of carbonyl (C=O) groups is 2. The lowest BCUT2D eigenvalue weighted by Gasteiger charge is -2.35. The summed E-state index contributed by atoms with van der Waals surface area (Å²) in [7, 11) is 0. The number of piperazine rings is 1. The Morgan fingerprint density at radius 2 is 1.40 bits per heavy atom. The summed E-state index contributed by atoms with van der Waals surface area (Å²) in [4.78, 5) is 32.9. The highest BCUT2D eigenvalue weighted by Crippen LogP contribution is 2.21. The topological polar surface area (TPSA) is 71.3 Å². The molecular formula is C21H19Cl2N5O2. The number of amides is 2. The van der Waals surface area contributed by atoms with Crippen molar-refractivity contribution in [2.24, 2.45) is 0 Å². The number of benzene rings is 2. The summed E-state index contributed by atoms with van der Waals surface area (Å²) in [5.74, 6) is -0.177. The molecule has 154 valence electrons. The van der Waals surface area contributed by atoms with Crippen molar-refractivity contribution in [1.29, 1.82) is 0 Å². The standard InChI is InChI=1S/C21H19Cl2N5O2/c22-18-9-17(10-19(23)11-18)21(30)27-7-5-26(6-8-27)20(29)16-3-1-15(2-4-16)12-28-14-24-13-25-28/h1-4,9-11,13-14H,5-8,12H2. The summed E-state index contributed by atoms with van der Waals surface area (Å²) < 4.78 is 1.72. The maximum Gasteiger partial charge on any atom is 0.254 e. The van der Waals surface area contributed by atoms with Crippen molar-refractivity contribution in [2.75, 3.05) is 26.2 Å². The third-order valence-electron chi connectivity index (χ3n) is 4.98. The highest BCUT2D eigenvalue weighted by atomic mass is 35.5. The number of halogens is 2. The molecule has 0 aliphatic carbocycles. The van der Waals surface area contributed by atoms with Crippen LogP contribution >= 0.6 is 23.2 Å². The van der Waals surface area contributed by atoms with Crippen LogP contribution in [0.1, 0.15) is 26.3 Å². The molecule has 4 rings (SSSR count). The second-order valence-electron chi connectivity index (χ2n) is 7.03. The summed E-state index contributed by atoms with van der Waals surface area (Å²) in [6, 6.07) is 12.3. The number of nitrogens with zero attached hydrogens (tertiary/aromatic N) is 5. The van der Waals surface area contributed by atoms with Gasteiger partial charge in [0.1, 0.15) is 12.7 Å². The molecule has 1 aliphatic heterocycles. The van der Waals surface area contributed by atoms with Gasteiger partial charge in [0.15, 0.2) is 0 Å². The first-order valence-corrected chi connectivity index (χ1v) is 10.2. The molecule has 0 saturated carbocycles. The number of hydrogen-bond donors (Lipinski definition) is 0. The van der Waals surface area contributed by atoms with Crippen molar-refractivity contribution in [3.05, 3.63) is 81.9 Å². The third kappa shape index (κ3) is 4.63. The van der Waals surface area contributed by atoms with E-state index in [1.54, 1.807) is 39.0 Å². The van der Waals surface area contributed by atoms with E-state index in [1.165, 1.54) is 6.33 Å². The van der Waals surface area contributed by atoms with Gasteiger partial charge in [-0.25, -0.2) is 9.67 Å². The normalized spacial score (nSPS) is 14.1. The van der Waals surface area contributed by atoms with Crippen LogP contribution in [-0.4, -0.2) is 62.6 Å². The Balaban J connectivity index is 1.35. The van der Waals surface area contributed by atoms with Gasteiger partial charge in [0.25, 0.3) is 11.8 Å². The Morgan fingerprint density at radius 1 is 0.833 bits per heavy atom. The first-order chi connectivity index (χ1) is 14.5. The van der Waals surface area contributed by atoms with Gasteiger partial charge in [-0.2, -0.15) is 5.10 Å². The number of hydrogen-bond acceptors (Lipinski definition) is 4. The van der Waals surface area contributed by atoms with Crippen molar-refractivity contribution in [2.45, 2.75) is 6.54 Å². The third-order valence-corrected chi connectivity index (χ3v) is 5.41. The van der Waals surface area contributed by atoms with E-state index >= 15 is 0 Å². The molecule has 3 aromatic rings. The van der Waals surface area contributed by atoms with Crippen molar-refractivity contribution < 1.29 is 9.59 Å². The Hall–Kier alpha value is -2.90. The Labute approximate surface area is 183 Å². The molecule has 7 nitrogen and oxygen atoms in total. The number of carbonyl (C=O) groups excluding carboxylic acids is 2. The molecule has 2 amide bonds. The van der Waals surface area contributed by atoms with Crippen molar-refractivity contribution in [3.63, 3.8) is 0 Å². The molecule has 0 N–H and O–H groups in total. The Kier molecular flexibility index (Phi) is 6.01. The SMILES string of the molecule is O=C(c1ccc(Cn2cncn2)cc1)N1CCN(C(=O)c2cc(Cl)cc(Cl)c2)CC1. The van der Waals surface area contributed by atoms with E-state index in [0.717, 1.165) is 5.56 Å². The van der Waals surface area contributed by atoms with Crippen LogP contribution in [0, 0.1) is 0 Å². The minimum Gasteiger partial charge on any atom is -0.335 e. The lowest BCUT2D eigenvalue weighted by Crippen LogP contribution is -2.50. The minimum atomic E-state index is -0.135. The molecule has 1 aromatic heterocycles. The van der Waals surface area contributed by atoms with E-state index in [-0.39, 0.29) is 11.8 Å². The fraction of sp³-hybridized carbons (Fsp3) is 0.238. The molecule has 0 atom stereocenters. The number of aromatic nitrogens is 3. The van der Waals surface area contributed by atoms with Crippen molar-refractivity contribution in [1.82, 2.24) is 24.6 Å². The molecule has 0 radical (unpaired) electrons. The highest BCUT2D eigenvalue weighted by Gasteiger charge is 2.25. The van der Waals surface area contributed by atoms with E-state index in [1.807, 2.05) is 24.3 Å². The molecular weight excluding hydrogens is 425 g/mol. The van der Waals surface area contributed by atoms with Gasteiger partial charge in [-0.05, 0) is 35.9 Å². The van der Waals surface area contributed by atoms with Crippen LogP contribution < -0.4 is 0 Å². The lowest BCUT2D eigenvalue weighted by molar-refractivity contribution is 0.0535. The predicted octanol–water partition coefficient (Wildman–Crippen LogP) is 3.23. The van der Waals surface area contributed by atoms with Crippen molar-refractivity contribution >= 4 is 35.0 Å². The first-order valence-electron chi connectivity index (χ1n) is 9.45.